The lowest BCUT2D eigenvalue weighted by Gasteiger charge is -2.18. The lowest BCUT2D eigenvalue weighted by molar-refractivity contribution is 0.337. The van der Waals surface area contributed by atoms with Gasteiger partial charge in [0.05, 0.1) is 0 Å². The van der Waals surface area contributed by atoms with Crippen LogP contribution in [0.2, 0.25) is 0 Å². The van der Waals surface area contributed by atoms with Crippen LogP contribution in [0, 0.1) is 24.7 Å². The molecule has 2 aliphatic rings. The zero-order valence-electron chi connectivity index (χ0n) is 13.6. The van der Waals surface area contributed by atoms with Gasteiger partial charge in [-0.2, -0.15) is 0 Å². The molecule has 0 amide bonds. The molecular weight excluding hydrogens is 240 g/mol. The van der Waals surface area contributed by atoms with E-state index in [1.165, 1.54) is 96.3 Å². The van der Waals surface area contributed by atoms with Crippen LogP contribution in [-0.4, -0.2) is 0 Å². The molecular formula is C20H35. The molecule has 0 aromatic carbocycles. The van der Waals surface area contributed by atoms with Gasteiger partial charge < -0.3 is 0 Å². The van der Waals surface area contributed by atoms with Gasteiger partial charge in [0.15, 0.2) is 0 Å². The molecule has 0 aromatic rings. The Morgan fingerprint density at radius 1 is 0.800 bits per heavy atom. The Hall–Kier alpha value is 0. The van der Waals surface area contributed by atoms with Crippen LogP contribution in [0.4, 0.5) is 0 Å². The predicted molar refractivity (Wildman–Crippen MR) is 88.4 cm³/mol. The number of unbranched alkanes of at least 4 members (excludes halogenated alkanes) is 6. The summed E-state index contributed by atoms with van der Waals surface area (Å²) < 4.78 is 0. The fraction of sp³-hybridized carbons (Fsp3) is 0.900. The normalized spacial score (nSPS) is 30.8. The lowest BCUT2D eigenvalue weighted by Crippen LogP contribution is -2.06. The Bertz CT molecular complexity index is 244. The Labute approximate surface area is 128 Å². The zero-order chi connectivity index (χ0) is 14.1. The maximum absolute atomic E-state index is 3.92. The molecule has 2 rings (SSSR count). The summed E-state index contributed by atoms with van der Waals surface area (Å²) in [5, 5.41) is 0. The molecule has 3 radical (unpaired) electrons. The van der Waals surface area contributed by atoms with Crippen LogP contribution in [0.3, 0.4) is 0 Å². The van der Waals surface area contributed by atoms with Crippen molar-refractivity contribution in [2.45, 2.75) is 103 Å². The van der Waals surface area contributed by atoms with Gasteiger partial charge in [0.2, 0.25) is 0 Å². The van der Waals surface area contributed by atoms with Gasteiger partial charge in [-0.15, -0.1) is 0 Å². The van der Waals surface area contributed by atoms with Crippen LogP contribution in [0.5, 0.6) is 0 Å². The average molecular weight is 276 g/mol. The summed E-state index contributed by atoms with van der Waals surface area (Å²) in [5.74, 6) is 0.881. The van der Waals surface area contributed by atoms with Crippen molar-refractivity contribution < 1.29 is 0 Å². The molecule has 0 aliphatic heterocycles. The summed E-state index contributed by atoms with van der Waals surface area (Å²) >= 11 is 0. The maximum Gasteiger partial charge on any atom is -0.00632 e. The molecule has 0 N–H and O–H groups in total. The van der Waals surface area contributed by atoms with E-state index in [1.54, 1.807) is 0 Å². The van der Waals surface area contributed by atoms with Crippen molar-refractivity contribution in [3.8, 4) is 0 Å². The Morgan fingerprint density at radius 2 is 1.45 bits per heavy atom. The zero-order valence-corrected chi connectivity index (χ0v) is 13.6. The fourth-order valence-electron chi connectivity index (χ4n) is 4.09. The monoisotopic (exact) mass is 275 g/mol. The summed E-state index contributed by atoms with van der Waals surface area (Å²) in [6.45, 7) is 3.92. The molecule has 0 bridgehead atoms. The third-order valence-electron chi connectivity index (χ3n) is 5.53. The molecule has 115 valence electrons. The summed E-state index contributed by atoms with van der Waals surface area (Å²) in [4.78, 5) is 0. The minimum Gasteiger partial charge on any atom is -0.0533 e. The molecule has 0 aromatic heterocycles. The molecule has 2 atom stereocenters. The van der Waals surface area contributed by atoms with Gasteiger partial charge >= 0.3 is 0 Å². The second-order valence-corrected chi connectivity index (χ2v) is 7.24. The summed E-state index contributed by atoms with van der Waals surface area (Å²) in [7, 11) is 0. The second kappa shape index (κ2) is 9.11. The van der Waals surface area contributed by atoms with Crippen molar-refractivity contribution in [1.29, 1.82) is 0 Å². The Kier molecular flexibility index (Phi) is 7.45. The summed E-state index contributed by atoms with van der Waals surface area (Å²) in [5.41, 5.74) is 0.588. The van der Waals surface area contributed by atoms with Gasteiger partial charge in [0.1, 0.15) is 0 Å². The SMILES string of the molecule is [CH2]CCCCCCCCC12[C]C1CCCCCCCC2. The number of fused-ring (bicyclic) bond motifs is 1. The standard InChI is InChI=1S/C20H35/c1-2-3-4-5-7-10-13-16-20-17-14-11-8-6-9-12-15-19(20)18-20/h19H,1-17H2. The molecule has 0 spiro atoms. The van der Waals surface area contributed by atoms with Crippen molar-refractivity contribution in [1.82, 2.24) is 0 Å². The van der Waals surface area contributed by atoms with Gasteiger partial charge in [-0.3, -0.25) is 0 Å². The van der Waals surface area contributed by atoms with Crippen molar-refractivity contribution in [3.63, 3.8) is 0 Å². The topological polar surface area (TPSA) is 0 Å². The molecule has 0 saturated heterocycles. The Morgan fingerprint density at radius 3 is 2.25 bits per heavy atom. The van der Waals surface area contributed by atoms with E-state index in [0.717, 1.165) is 12.3 Å². The van der Waals surface area contributed by atoms with Crippen LogP contribution in [0.25, 0.3) is 0 Å². The van der Waals surface area contributed by atoms with Crippen LogP contribution < -0.4 is 0 Å². The molecule has 2 fully saturated rings. The van der Waals surface area contributed by atoms with Crippen molar-refractivity contribution >= 4 is 0 Å². The van der Waals surface area contributed by atoms with Crippen molar-refractivity contribution in [2.75, 3.05) is 0 Å². The first-order chi connectivity index (χ1) is 9.87. The highest BCUT2D eigenvalue weighted by Gasteiger charge is 2.52. The van der Waals surface area contributed by atoms with Gasteiger partial charge in [-0.1, -0.05) is 90.4 Å². The van der Waals surface area contributed by atoms with Gasteiger partial charge in [-0.05, 0) is 37.0 Å². The highest BCUT2D eigenvalue weighted by molar-refractivity contribution is 5.17. The van der Waals surface area contributed by atoms with E-state index in [9.17, 15) is 0 Å². The molecule has 0 heterocycles. The molecule has 0 nitrogen and oxygen atoms in total. The smallest absolute Gasteiger partial charge is 0.00632 e. The van der Waals surface area contributed by atoms with E-state index in [4.69, 9.17) is 0 Å². The van der Waals surface area contributed by atoms with Crippen LogP contribution >= 0.6 is 0 Å². The number of rotatable bonds is 8. The third-order valence-corrected chi connectivity index (χ3v) is 5.53. The van der Waals surface area contributed by atoms with Gasteiger partial charge in [0, 0.05) is 0 Å². The minimum absolute atomic E-state index is 0.588. The number of hydrogen-bond donors (Lipinski definition) is 0. The maximum atomic E-state index is 3.92. The third kappa shape index (κ3) is 5.41. The van der Waals surface area contributed by atoms with Crippen LogP contribution in [-0.2, 0) is 0 Å². The lowest BCUT2D eigenvalue weighted by atomic mass is 9.87. The molecule has 2 saturated carbocycles. The molecule has 0 heteroatoms. The predicted octanol–water partition coefficient (Wildman–Crippen LogP) is 6.77. The second-order valence-electron chi connectivity index (χ2n) is 7.24. The Balaban J connectivity index is 1.58. The molecule has 2 unspecified atom stereocenters. The van der Waals surface area contributed by atoms with E-state index in [2.05, 4.69) is 13.3 Å². The van der Waals surface area contributed by atoms with E-state index in [-0.39, 0.29) is 0 Å². The van der Waals surface area contributed by atoms with Crippen LogP contribution in [0.15, 0.2) is 0 Å². The van der Waals surface area contributed by atoms with Crippen molar-refractivity contribution in [2.24, 2.45) is 11.3 Å². The minimum atomic E-state index is 0.588. The fourth-order valence-corrected chi connectivity index (χ4v) is 4.09. The first-order valence-corrected chi connectivity index (χ1v) is 9.44. The van der Waals surface area contributed by atoms with Crippen LogP contribution in [0.1, 0.15) is 103 Å². The molecule has 20 heavy (non-hydrogen) atoms. The highest BCUT2D eigenvalue weighted by Crippen LogP contribution is 2.60. The largest absolute Gasteiger partial charge is 0.0533 e. The first-order valence-electron chi connectivity index (χ1n) is 9.44. The van der Waals surface area contributed by atoms with E-state index in [1.807, 2.05) is 0 Å². The van der Waals surface area contributed by atoms with E-state index >= 15 is 0 Å². The molecule has 2 aliphatic carbocycles. The first kappa shape index (κ1) is 16.4. The van der Waals surface area contributed by atoms with Gasteiger partial charge in [-0.25, -0.2) is 0 Å². The van der Waals surface area contributed by atoms with E-state index < -0.39 is 0 Å². The highest BCUT2D eigenvalue weighted by atomic mass is 14.6. The van der Waals surface area contributed by atoms with Gasteiger partial charge in [0.25, 0.3) is 0 Å². The summed E-state index contributed by atoms with van der Waals surface area (Å²) in [6, 6.07) is 0. The summed E-state index contributed by atoms with van der Waals surface area (Å²) in [6.07, 6.45) is 26.7. The van der Waals surface area contributed by atoms with Crippen molar-refractivity contribution in [3.05, 3.63) is 13.3 Å². The quantitative estimate of drug-likeness (QED) is 0.429. The number of hydrogen-bond acceptors (Lipinski definition) is 0. The average Bonchev–Trinajstić information content (AvgIpc) is 3.15. The van der Waals surface area contributed by atoms with E-state index in [0.29, 0.717) is 5.41 Å².